The van der Waals surface area contributed by atoms with Crippen molar-refractivity contribution in [1.29, 1.82) is 5.26 Å². The molecule has 1 heterocycles. The summed E-state index contributed by atoms with van der Waals surface area (Å²) in [5, 5.41) is 8.71. The quantitative estimate of drug-likeness (QED) is 0.757. The Morgan fingerprint density at radius 1 is 1.44 bits per heavy atom. The second kappa shape index (κ2) is 6.99. The minimum atomic E-state index is 0.0346. The topological polar surface area (TPSA) is 76.1 Å². The molecular weight excluding hydrogens is 232 g/mol. The predicted octanol–water partition coefficient (Wildman–Crippen LogP) is 2.29. The molecule has 5 nitrogen and oxygen atoms in total. The molecule has 0 aliphatic rings. The maximum absolute atomic E-state index is 10.4. The summed E-state index contributed by atoms with van der Waals surface area (Å²) in [5.74, 6) is 0.515. The molecule has 0 radical (unpaired) electrons. The van der Waals surface area contributed by atoms with Crippen LogP contribution in [0, 0.1) is 11.3 Å². The van der Waals surface area contributed by atoms with Crippen LogP contribution in [-0.2, 0) is 4.74 Å². The molecule has 0 aliphatic carbocycles. The van der Waals surface area contributed by atoms with Crippen molar-refractivity contribution in [2.75, 3.05) is 14.2 Å². The van der Waals surface area contributed by atoms with Gasteiger partial charge in [-0.3, -0.25) is 4.79 Å². The fourth-order valence-electron chi connectivity index (χ4n) is 1.22. The fourth-order valence-corrected chi connectivity index (χ4v) is 1.22. The number of aromatic nitrogens is 1. The molecule has 0 amide bonds. The molecule has 2 rings (SSSR count). The lowest BCUT2D eigenvalue weighted by atomic mass is 10.1. The molecule has 5 heteroatoms. The van der Waals surface area contributed by atoms with Crippen LogP contribution >= 0.6 is 0 Å². The van der Waals surface area contributed by atoms with Crippen molar-refractivity contribution in [1.82, 2.24) is 4.98 Å². The summed E-state index contributed by atoms with van der Waals surface area (Å²) in [4.78, 5) is 14.1. The third-order valence-corrected chi connectivity index (χ3v) is 1.90. The molecule has 1 aromatic carbocycles. The van der Waals surface area contributed by atoms with E-state index in [1.807, 2.05) is 6.07 Å². The highest BCUT2D eigenvalue weighted by Crippen LogP contribution is 2.20. The summed E-state index contributed by atoms with van der Waals surface area (Å²) in [6.45, 7) is 0. The van der Waals surface area contributed by atoms with Crippen molar-refractivity contribution < 1.29 is 13.9 Å². The summed E-state index contributed by atoms with van der Waals surface area (Å²) in [6.07, 6.45) is 2.00. The van der Waals surface area contributed by atoms with E-state index in [9.17, 15) is 4.79 Å². The Hall–Kier alpha value is -2.45. The second-order valence-corrected chi connectivity index (χ2v) is 3.28. The van der Waals surface area contributed by atoms with Gasteiger partial charge in [0.1, 0.15) is 0 Å². The number of ether oxygens (including phenoxy) is 1. The first-order valence-electron chi connectivity index (χ1n) is 5.06. The van der Waals surface area contributed by atoms with Gasteiger partial charge in [-0.25, -0.2) is 4.98 Å². The zero-order valence-corrected chi connectivity index (χ0v) is 10.1. The normalized spacial score (nSPS) is 8.94. The van der Waals surface area contributed by atoms with Gasteiger partial charge in [-0.05, 0) is 12.1 Å². The zero-order valence-electron chi connectivity index (χ0n) is 10.1. The van der Waals surface area contributed by atoms with Crippen molar-refractivity contribution in [3.63, 3.8) is 0 Å². The summed E-state index contributed by atoms with van der Waals surface area (Å²) < 4.78 is 9.38. The molecule has 0 spiro atoms. The average molecular weight is 244 g/mol. The predicted molar refractivity (Wildman–Crippen MR) is 65.0 cm³/mol. The van der Waals surface area contributed by atoms with E-state index in [2.05, 4.69) is 9.72 Å². The van der Waals surface area contributed by atoms with Crippen molar-refractivity contribution in [3.05, 3.63) is 41.9 Å². The summed E-state index contributed by atoms with van der Waals surface area (Å²) in [7, 11) is 3.25. The van der Waals surface area contributed by atoms with Crippen LogP contribution in [0.4, 0.5) is 0 Å². The Morgan fingerprint density at radius 3 is 2.72 bits per heavy atom. The molecule has 0 saturated carbocycles. The lowest BCUT2D eigenvalue weighted by Gasteiger charge is -1.95. The molecule has 0 unspecified atom stereocenters. The number of methoxy groups -OCH3 is 1. The van der Waals surface area contributed by atoms with Gasteiger partial charge in [0, 0.05) is 19.8 Å². The third-order valence-electron chi connectivity index (χ3n) is 1.90. The van der Waals surface area contributed by atoms with Crippen molar-refractivity contribution >= 4 is 6.29 Å². The third kappa shape index (κ3) is 3.54. The number of hydrogen-bond acceptors (Lipinski definition) is 5. The average Bonchev–Trinajstić information content (AvgIpc) is 2.88. The second-order valence-electron chi connectivity index (χ2n) is 3.28. The molecule has 1 aromatic heterocycles. The molecule has 0 saturated heterocycles. The minimum Gasteiger partial charge on any atom is -0.434 e. The van der Waals surface area contributed by atoms with Crippen LogP contribution in [0.1, 0.15) is 16.2 Å². The zero-order chi connectivity index (χ0) is 13.4. The first-order chi connectivity index (χ1) is 8.74. The summed E-state index contributed by atoms with van der Waals surface area (Å²) in [5.41, 5.74) is 1.27. The lowest BCUT2D eigenvalue weighted by Crippen LogP contribution is -1.77. The number of carbonyl (C=O) groups is 1. The van der Waals surface area contributed by atoms with Gasteiger partial charge in [-0.2, -0.15) is 5.26 Å². The number of nitrogens with zero attached hydrogens (tertiary/aromatic N) is 2. The van der Waals surface area contributed by atoms with E-state index in [-0.39, 0.29) is 5.89 Å². The number of aldehydes is 1. The van der Waals surface area contributed by atoms with E-state index in [1.54, 1.807) is 38.5 Å². The van der Waals surface area contributed by atoms with Gasteiger partial charge < -0.3 is 9.15 Å². The van der Waals surface area contributed by atoms with Gasteiger partial charge >= 0.3 is 0 Å². The molecule has 2 aromatic rings. The Morgan fingerprint density at radius 2 is 2.17 bits per heavy atom. The number of nitriles is 1. The molecule has 92 valence electrons. The van der Waals surface area contributed by atoms with Crippen LogP contribution in [-0.4, -0.2) is 25.5 Å². The van der Waals surface area contributed by atoms with E-state index >= 15 is 0 Å². The number of carbonyl (C=O) groups excluding carboxylic acids is 1. The van der Waals surface area contributed by atoms with E-state index in [1.165, 1.54) is 6.20 Å². The van der Waals surface area contributed by atoms with E-state index in [4.69, 9.17) is 9.68 Å². The van der Waals surface area contributed by atoms with E-state index < -0.39 is 0 Å². The highest BCUT2D eigenvalue weighted by atomic mass is 16.4. The van der Waals surface area contributed by atoms with Crippen LogP contribution in [0.2, 0.25) is 0 Å². The molecule has 0 N–H and O–H groups in total. The maximum atomic E-state index is 10.4. The highest BCUT2D eigenvalue weighted by molar-refractivity contribution is 5.69. The summed E-state index contributed by atoms with van der Waals surface area (Å²) in [6, 6.07) is 8.93. The van der Waals surface area contributed by atoms with Gasteiger partial charge in [0.2, 0.25) is 6.29 Å². The van der Waals surface area contributed by atoms with Gasteiger partial charge in [0.15, 0.2) is 5.76 Å². The maximum Gasteiger partial charge on any atom is 0.260 e. The monoisotopic (exact) mass is 244 g/mol. The molecular formula is C13H12N2O3. The fraction of sp³-hybridized carbons (Fsp3) is 0.154. The van der Waals surface area contributed by atoms with E-state index in [0.717, 1.165) is 5.56 Å². The number of hydrogen-bond donors (Lipinski definition) is 0. The van der Waals surface area contributed by atoms with Gasteiger partial charge in [-0.15, -0.1) is 0 Å². The number of benzene rings is 1. The molecule has 18 heavy (non-hydrogen) atoms. The van der Waals surface area contributed by atoms with Crippen LogP contribution in [0.3, 0.4) is 0 Å². The van der Waals surface area contributed by atoms with Crippen LogP contribution in [0.15, 0.2) is 34.9 Å². The number of oxazole rings is 1. The van der Waals surface area contributed by atoms with Crippen LogP contribution < -0.4 is 0 Å². The van der Waals surface area contributed by atoms with Gasteiger partial charge in [0.25, 0.3) is 5.89 Å². The molecule has 0 aliphatic heterocycles. The Bertz CT molecular complexity index is 555. The molecule has 0 atom stereocenters. The molecule has 0 fully saturated rings. The van der Waals surface area contributed by atoms with Crippen molar-refractivity contribution in [3.8, 4) is 17.4 Å². The highest BCUT2D eigenvalue weighted by Gasteiger charge is 2.05. The Labute approximate surface area is 105 Å². The Kier molecular flexibility index (Phi) is 5.29. The standard InChI is InChI=1S/C11H6N2O2.C2H6O/c12-5-8-2-1-3-9(4-8)10-6-13-11(7-14)15-10;1-3-2/h1-4,6-7H;1-2H3. The largest absolute Gasteiger partial charge is 0.434 e. The van der Waals surface area contributed by atoms with Crippen molar-refractivity contribution in [2.24, 2.45) is 0 Å². The lowest BCUT2D eigenvalue weighted by molar-refractivity contribution is 0.109. The SMILES string of the molecule is COC.N#Cc1cccc(-c2cnc(C=O)o2)c1. The Balaban J connectivity index is 0.000000492. The molecule has 0 bridgehead atoms. The van der Waals surface area contributed by atoms with Crippen LogP contribution in [0.5, 0.6) is 0 Å². The van der Waals surface area contributed by atoms with Crippen molar-refractivity contribution in [2.45, 2.75) is 0 Å². The minimum absolute atomic E-state index is 0.0346. The summed E-state index contributed by atoms with van der Waals surface area (Å²) >= 11 is 0. The van der Waals surface area contributed by atoms with Gasteiger partial charge in [0.05, 0.1) is 17.8 Å². The number of rotatable bonds is 2. The first-order valence-corrected chi connectivity index (χ1v) is 5.06. The first kappa shape index (κ1) is 13.6. The van der Waals surface area contributed by atoms with Gasteiger partial charge in [-0.1, -0.05) is 12.1 Å². The van der Waals surface area contributed by atoms with E-state index in [0.29, 0.717) is 17.6 Å². The smallest absolute Gasteiger partial charge is 0.260 e. The van der Waals surface area contributed by atoms with Crippen LogP contribution in [0.25, 0.3) is 11.3 Å².